The number of aliphatic hydroxyl groups excluding tert-OH is 1. The van der Waals surface area contributed by atoms with Crippen molar-refractivity contribution in [3.63, 3.8) is 0 Å². The van der Waals surface area contributed by atoms with E-state index in [1.807, 2.05) is 0 Å². The van der Waals surface area contributed by atoms with Crippen molar-refractivity contribution in [3.05, 3.63) is 35.1 Å². The van der Waals surface area contributed by atoms with Crippen molar-refractivity contribution in [3.8, 4) is 0 Å². The van der Waals surface area contributed by atoms with Crippen molar-refractivity contribution >= 4 is 5.97 Å². The molecule has 1 unspecified atom stereocenters. The van der Waals surface area contributed by atoms with E-state index < -0.39 is 35.2 Å². The van der Waals surface area contributed by atoms with Gasteiger partial charge in [-0.1, -0.05) is 6.07 Å². The number of aliphatic hydroxyl groups is 1. The smallest absolute Gasteiger partial charge is 0.419 e. The van der Waals surface area contributed by atoms with Crippen molar-refractivity contribution in [2.45, 2.75) is 12.3 Å². The normalized spacial score (nSPS) is 13.6. The van der Waals surface area contributed by atoms with E-state index >= 15 is 0 Å². The van der Waals surface area contributed by atoms with Crippen LogP contribution in [-0.4, -0.2) is 16.2 Å². The summed E-state index contributed by atoms with van der Waals surface area (Å²) >= 11 is 0. The SMILES string of the molecule is O=C(O)C(O)c1ccc(F)c(C(F)(F)F)c1. The van der Waals surface area contributed by atoms with Crippen LogP contribution in [0.1, 0.15) is 17.2 Å². The van der Waals surface area contributed by atoms with Gasteiger partial charge in [-0.05, 0) is 17.7 Å². The van der Waals surface area contributed by atoms with Crippen LogP contribution in [0.15, 0.2) is 18.2 Å². The monoisotopic (exact) mass is 238 g/mol. The second-order valence-corrected chi connectivity index (χ2v) is 2.98. The van der Waals surface area contributed by atoms with E-state index in [-0.39, 0.29) is 6.07 Å². The van der Waals surface area contributed by atoms with Crippen LogP contribution < -0.4 is 0 Å². The first-order valence-corrected chi connectivity index (χ1v) is 4.01. The number of rotatable bonds is 2. The number of carbonyl (C=O) groups is 1. The maximum absolute atomic E-state index is 12.8. The molecule has 1 atom stereocenters. The molecule has 3 nitrogen and oxygen atoms in total. The third kappa shape index (κ3) is 2.48. The number of hydrogen-bond acceptors (Lipinski definition) is 2. The van der Waals surface area contributed by atoms with Gasteiger partial charge in [0.05, 0.1) is 5.56 Å². The van der Waals surface area contributed by atoms with Gasteiger partial charge in [0.25, 0.3) is 0 Å². The lowest BCUT2D eigenvalue weighted by Crippen LogP contribution is -2.14. The van der Waals surface area contributed by atoms with Crippen LogP contribution >= 0.6 is 0 Å². The molecule has 2 N–H and O–H groups in total. The Balaban J connectivity index is 3.23. The second-order valence-electron chi connectivity index (χ2n) is 2.98. The molecule has 0 bridgehead atoms. The average Bonchev–Trinajstić information content (AvgIpc) is 2.15. The molecule has 0 spiro atoms. The minimum atomic E-state index is -4.93. The summed E-state index contributed by atoms with van der Waals surface area (Å²) in [5, 5.41) is 17.4. The van der Waals surface area contributed by atoms with Gasteiger partial charge < -0.3 is 10.2 Å². The molecule has 16 heavy (non-hydrogen) atoms. The molecule has 0 aliphatic rings. The van der Waals surface area contributed by atoms with Crippen LogP contribution in [0, 0.1) is 5.82 Å². The Morgan fingerprint density at radius 1 is 1.31 bits per heavy atom. The third-order valence-electron chi connectivity index (χ3n) is 1.85. The number of aliphatic carboxylic acids is 1. The molecular weight excluding hydrogens is 232 g/mol. The minimum Gasteiger partial charge on any atom is -0.479 e. The summed E-state index contributed by atoms with van der Waals surface area (Å²) in [7, 11) is 0. The maximum Gasteiger partial charge on any atom is 0.419 e. The zero-order valence-corrected chi connectivity index (χ0v) is 7.62. The Hall–Kier alpha value is -1.63. The Morgan fingerprint density at radius 2 is 1.88 bits per heavy atom. The topological polar surface area (TPSA) is 57.5 Å². The minimum absolute atomic E-state index is 0.272. The van der Waals surface area contributed by atoms with E-state index in [1.54, 1.807) is 0 Å². The molecule has 0 aliphatic heterocycles. The standard InChI is InChI=1S/C9H6F4O3/c10-6-2-1-4(7(14)8(15)16)3-5(6)9(11,12)13/h1-3,7,14H,(H,15,16). The first-order chi connectivity index (χ1) is 7.23. The fourth-order valence-corrected chi connectivity index (χ4v) is 1.07. The van der Waals surface area contributed by atoms with Gasteiger partial charge in [0.2, 0.25) is 0 Å². The fourth-order valence-electron chi connectivity index (χ4n) is 1.07. The van der Waals surface area contributed by atoms with Crippen molar-refractivity contribution in [2.24, 2.45) is 0 Å². The van der Waals surface area contributed by atoms with E-state index in [0.717, 1.165) is 6.07 Å². The van der Waals surface area contributed by atoms with Gasteiger partial charge in [-0.2, -0.15) is 13.2 Å². The van der Waals surface area contributed by atoms with Gasteiger partial charge >= 0.3 is 12.1 Å². The molecule has 0 saturated carbocycles. The highest BCUT2D eigenvalue weighted by atomic mass is 19.4. The Kier molecular flexibility index (Phi) is 3.18. The van der Waals surface area contributed by atoms with Gasteiger partial charge in [0, 0.05) is 0 Å². The van der Waals surface area contributed by atoms with E-state index in [1.165, 1.54) is 0 Å². The van der Waals surface area contributed by atoms with E-state index in [2.05, 4.69) is 0 Å². The van der Waals surface area contributed by atoms with Crippen LogP contribution in [0.5, 0.6) is 0 Å². The van der Waals surface area contributed by atoms with Gasteiger partial charge in [0.15, 0.2) is 6.10 Å². The van der Waals surface area contributed by atoms with Crippen molar-refractivity contribution in [2.75, 3.05) is 0 Å². The number of halogens is 4. The zero-order chi connectivity index (χ0) is 12.5. The molecule has 0 aromatic heterocycles. The molecular formula is C9H6F4O3. The largest absolute Gasteiger partial charge is 0.479 e. The predicted molar refractivity (Wildman–Crippen MR) is 44.0 cm³/mol. The highest BCUT2D eigenvalue weighted by Gasteiger charge is 2.35. The predicted octanol–water partition coefficient (Wildman–Crippen LogP) is 1.96. The summed E-state index contributed by atoms with van der Waals surface area (Å²) in [6.07, 6.45) is -7.04. The molecule has 7 heteroatoms. The van der Waals surface area contributed by atoms with Crippen molar-refractivity contribution in [1.29, 1.82) is 0 Å². The highest BCUT2D eigenvalue weighted by Crippen LogP contribution is 2.32. The van der Waals surface area contributed by atoms with Crippen molar-refractivity contribution < 1.29 is 32.6 Å². The highest BCUT2D eigenvalue weighted by molar-refractivity contribution is 5.74. The molecule has 0 amide bonds. The third-order valence-corrected chi connectivity index (χ3v) is 1.85. The summed E-state index contributed by atoms with van der Waals surface area (Å²) in [5.41, 5.74) is -2.13. The number of alkyl halides is 3. The molecule has 1 aromatic carbocycles. The van der Waals surface area contributed by atoms with Crippen LogP contribution in [-0.2, 0) is 11.0 Å². The van der Waals surface area contributed by atoms with Gasteiger partial charge in [-0.3, -0.25) is 0 Å². The summed E-state index contributed by atoms with van der Waals surface area (Å²) in [6, 6.07) is 1.52. The Labute approximate surface area is 86.9 Å². The van der Waals surface area contributed by atoms with Gasteiger partial charge in [-0.25, -0.2) is 9.18 Å². The van der Waals surface area contributed by atoms with Crippen LogP contribution in [0.25, 0.3) is 0 Å². The second kappa shape index (κ2) is 4.09. The molecule has 0 radical (unpaired) electrons. The quantitative estimate of drug-likeness (QED) is 0.774. The molecule has 0 heterocycles. The lowest BCUT2D eigenvalue weighted by molar-refractivity contribution is -0.147. The molecule has 88 valence electrons. The summed E-state index contributed by atoms with van der Waals surface area (Å²) < 4.78 is 49.5. The maximum atomic E-state index is 12.8. The Morgan fingerprint density at radius 3 is 2.31 bits per heavy atom. The first kappa shape index (κ1) is 12.4. The zero-order valence-electron chi connectivity index (χ0n) is 7.62. The lowest BCUT2D eigenvalue weighted by atomic mass is 10.1. The summed E-state index contributed by atoms with van der Waals surface area (Å²) in [4.78, 5) is 10.3. The summed E-state index contributed by atoms with van der Waals surface area (Å²) in [5.74, 6) is -3.23. The van der Waals surface area contributed by atoms with E-state index in [9.17, 15) is 22.4 Å². The molecule has 1 rings (SSSR count). The molecule has 1 aromatic rings. The number of hydrogen-bond donors (Lipinski definition) is 2. The van der Waals surface area contributed by atoms with Crippen LogP contribution in [0.4, 0.5) is 17.6 Å². The average molecular weight is 238 g/mol. The van der Waals surface area contributed by atoms with Gasteiger partial charge in [0.1, 0.15) is 5.82 Å². The number of carboxylic acids is 1. The lowest BCUT2D eigenvalue weighted by Gasteiger charge is -2.11. The summed E-state index contributed by atoms with van der Waals surface area (Å²) in [6.45, 7) is 0. The van der Waals surface area contributed by atoms with Gasteiger partial charge in [-0.15, -0.1) is 0 Å². The Bertz CT molecular complexity index is 414. The van der Waals surface area contributed by atoms with E-state index in [4.69, 9.17) is 10.2 Å². The molecule has 0 saturated heterocycles. The van der Waals surface area contributed by atoms with E-state index in [0.29, 0.717) is 6.07 Å². The van der Waals surface area contributed by atoms with Crippen molar-refractivity contribution in [1.82, 2.24) is 0 Å². The van der Waals surface area contributed by atoms with Crippen LogP contribution in [0.2, 0.25) is 0 Å². The molecule has 0 aliphatic carbocycles. The fraction of sp³-hybridized carbons (Fsp3) is 0.222. The van der Waals surface area contributed by atoms with Crippen LogP contribution in [0.3, 0.4) is 0 Å². The number of carboxylic acid groups (broad SMARTS) is 1. The number of benzene rings is 1. The first-order valence-electron chi connectivity index (χ1n) is 4.01. The molecule has 0 fully saturated rings.